The van der Waals surface area contributed by atoms with Crippen LogP contribution in [0.2, 0.25) is 0 Å². The monoisotopic (exact) mass is 1550 g/mol. The predicted octanol–water partition coefficient (Wildman–Crippen LogP) is 29.5. The van der Waals surface area contributed by atoms with E-state index in [2.05, 4.69) is 456 Å². The molecule has 106 heavy (non-hydrogen) atoms. The van der Waals surface area contributed by atoms with E-state index in [0.29, 0.717) is 0 Å². The molecule has 3 aromatic heterocycles. The number of halogens is 3. The Balaban J connectivity index is 0.000000113. The Morgan fingerprint density at radius 2 is 0.434 bits per heavy atom. The highest BCUT2D eigenvalue weighted by Gasteiger charge is 2.19. The first kappa shape index (κ1) is 65.8. The second-order valence-electron chi connectivity index (χ2n) is 26.7. The number of hydrogen-bond acceptors (Lipinski definition) is 0. The van der Waals surface area contributed by atoms with Gasteiger partial charge in [-0.2, -0.15) is 0 Å². The van der Waals surface area contributed by atoms with Crippen molar-refractivity contribution in [3.63, 3.8) is 0 Å². The summed E-state index contributed by atoms with van der Waals surface area (Å²) in [5, 5.41) is 10.1. The first-order chi connectivity index (χ1) is 52.3. The van der Waals surface area contributed by atoms with E-state index in [4.69, 9.17) is 0 Å². The minimum absolute atomic E-state index is 1.11. The van der Waals surface area contributed by atoms with Gasteiger partial charge in [0.1, 0.15) is 0 Å². The summed E-state index contributed by atoms with van der Waals surface area (Å²) in [6, 6.07) is 143. The highest BCUT2D eigenvalue weighted by Crippen LogP contribution is 2.42. The van der Waals surface area contributed by atoms with E-state index in [9.17, 15) is 0 Å². The van der Waals surface area contributed by atoms with Crippen LogP contribution in [0.15, 0.2) is 414 Å². The Kier molecular flexibility index (Phi) is 17.9. The number of hydrogen-bond donors (Lipinski definition) is 0. The summed E-state index contributed by atoms with van der Waals surface area (Å²) in [4.78, 5) is 0. The lowest BCUT2D eigenvalue weighted by atomic mass is 9.98. The molecule has 0 bridgehead atoms. The van der Waals surface area contributed by atoms with E-state index in [-0.39, 0.29) is 0 Å². The smallest absolute Gasteiger partial charge is 0.0541 e. The summed E-state index contributed by atoms with van der Waals surface area (Å²) in [5.41, 5.74) is 27.9. The van der Waals surface area contributed by atoms with Crippen LogP contribution >= 0.6 is 47.8 Å². The first-order valence-corrected chi connectivity index (χ1v) is 38.1. The van der Waals surface area contributed by atoms with Crippen molar-refractivity contribution < 1.29 is 0 Å². The van der Waals surface area contributed by atoms with Gasteiger partial charge in [-0.3, -0.25) is 0 Å². The number of fused-ring (bicyclic) bond motifs is 10. The molecule has 0 aliphatic heterocycles. The molecular formula is C100H66Br3N3. The molecule has 3 heterocycles. The van der Waals surface area contributed by atoms with Crippen molar-refractivity contribution in [3.8, 4) is 95.0 Å². The van der Waals surface area contributed by atoms with Gasteiger partial charge in [-0.1, -0.05) is 321 Å². The molecule has 0 amide bonds. The molecule has 20 aromatic rings. The van der Waals surface area contributed by atoms with Crippen molar-refractivity contribution in [1.82, 2.24) is 13.7 Å². The molecule has 0 N–H and O–H groups in total. The molecule has 0 saturated carbocycles. The van der Waals surface area contributed by atoms with Gasteiger partial charge in [0.05, 0.1) is 33.1 Å². The van der Waals surface area contributed by atoms with Crippen molar-refractivity contribution in [1.29, 1.82) is 0 Å². The van der Waals surface area contributed by atoms with Crippen LogP contribution < -0.4 is 0 Å². The van der Waals surface area contributed by atoms with Gasteiger partial charge < -0.3 is 13.7 Å². The molecule has 0 aliphatic carbocycles. The van der Waals surface area contributed by atoms with E-state index < -0.39 is 0 Å². The van der Waals surface area contributed by atoms with Gasteiger partial charge in [0.25, 0.3) is 0 Å². The quantitative estimate of drug-likeness (QED) is 0.130. The third-order valence-corrected chi connectivity index (χ3v) is 22.5. The fourth-order valence-corrected chi connectivity index (χ4v) is 16.8. The molecule has 0 unspecified atom stereocenters. The summed E-state index contributed by atoms with van der Waals surface area (Å²) < 4.78 is 10.4. The van der Waals surface area contributed by atoms with Gasteiger partial charge >= 0.3 is 0 Å². The minimum Gasteiger partial charge on any atom is -0.309 e. The molecular weight excluding hydrogens is 1480 g/mol. The molecule has 502 valence electrons. The second-order valence-corrected chi connectivity index (χ2v) is 29.3. The summed E-state index contributed by atoms with van der Waals surface area (Å²) in [5.74, 6) is 0. The van der Waals surface area contributed by atoms with Gasteiger partial charge in [-0.15, -0.1) is 0 Å². The maximum Gasteiger partial charge on any atom is 0.0541 e. The zero-order chi connectivity index (χ0) is 71.0. The Labute approximate surface area is 641 Å². The molecule has 20 rings (SSSR count). The van der Waals surface area contributed by atoms with Crippen LogP contribution in [0.5, 0.6) is 0 Å². The fraction of sp³-hybridized carbons (Fsp3) is 0. The van der Waals surface area contributed by atoms with Crippen LogP contribution in [0.1, 0.15) is 0 Å². The van der Waals surface area contributed by atoms with Crippen molar-refractivity contribution in [2.24, 2.45) is 0 Å². The maximum atomic E-state index is 3.71. The van der Waals surface area contributed by atoms with Crippen molar-refractivity contribution in [2.45, 2.75) is 0 Å². The van der Waals surface area contributed by atoms with E-state index in [0.717, 1.165) is 13.4 Å². The van der Waals surface area contributed by atoms with E-state index >= 15 is 0 Å². The third-order valence-electron chi connectivity index (χ3n) is 20.4. The Morgan fingerprint density at radius 3 is 0.858 bits per heavy atom. The Bertz CT molecular complexity index is 6680. The summed E-state index contributed by atoms with van der Waals surface area (Å²) >= 11 is 11.1. The SMILES string of the molecule is Brc1ccccc1-c1cccc(-c2ccc3c(c2)c2ccccc2n3-c2ccc(-c3ccccc3)cc2)c1.Brc1ccccc1-c1cccc(-c2ccc3c(c2)c2ccccc2n3-c2ccc3ccccc3c2)c1.Brc1ccccc1-c1cccc(-c2ccc3c(c2)c2ccccc2n3-c2ccccc2)c1. The lowest BCUT2D eigenvalue weighted by Gasteiger charge is -2.10. The summed E-state index contributed by atoms with van der Waals surface area (Å²) in [6.07, 6.45) is 0. The minimum atomic E-state index is 1.11. The predicted molar refractivity (Wildman–Crippen MR) is 461 cm³/mol. The van der Waals surface area contributed by atoms with Crippen molar-refractivity contribution >= 4 is 124 Å². The van der Waals surface area contributed by atoms with E-state index in [1.807, 2.05) is 6.07 Å². The van der Waals surface area contributed by atoms with Gasteiger partial charge in [0.2, 0.25) is 0 Å². The summed E-state index contributed by atoms with van der Waals surface area (Å²) in [7, 11) is 0. The number of benzene rings is 17. The van der Waals surface area contributed by atoms with Crippen molar-refractivity contribution in [3.05, 3.63) is 414 Å². The normalized spacial score (nSPS) is 11.3. The Hall–Kier alpha value is -12.2. The number of rotatable bonds is 10. The maximum absolute atomic E-state index is 3.71. The highest BCUT2D eigenvalue weighted by molar-refractivity contribution is 9.11. The standard InChI is InChI=1S/C36H24BrN.C34H22BrN.C30H20BrN/c37-34-15-6-4-13-31(34)29-12-8-11-27(23-29)28-19-22-36-33(24-28)32-14-5-7-16-35(32)38(36)30-20-17-26(18-21-30)25-9-2-1-3-10-25;35-32-14-5-3-12-29(32)27-11-7-10-24(20-27)26-17-19-34-31(22-26)30-13-4-6-15-33(30)36(34)28-18-16-23-8-1-2-9-25(23)21-28;31-28-15-6-4-13-25(28)23-10-8-9-21(19-23)22-17-18-30-27(20-22)26-14-5-7-16-29(26)32(30)24-11-2-1-3-12-24/h1-24H;1-22H;1-20H. The topological polar surface area (TPSA) is 14.8 Å². The van der Waals surface area contributed by atoms with Gasteiger partial charge in [-0.25, -0.2) is 0 Å². The lowest BCUT2D eigenvalue weighted by molar-refractivity contribution is 1.18. The van der Waals surface area contributed by atoms with Crippen LogP contribution in [0, 0.1) is 0 Å². The average Bonchev–Trinajstić information content (AvgIpc) is 1.61. The van der Waals surface area contributed by atoms with E-state index in [1.54, 1.807) is 0 Å². The van der Waals surface area contributed by atoms with Crippen LogP contribution in [0.4, 0.5) is 0 Å². The molecule has 0 fully saturated rings. The van der Waals surface area contributed by atoms with Crippen LogP contribution in [0.25, 0.3) is 171 Å². The third kappa shape index (κ3) is 12.6. The first-order valence-electron chi connectivity index (χ1n) is 35.7. The molecule has 0 saturated heterocycles. The average molecular weight is 1550 g/mol. The molecule has 3 nitrogen and oxygen atoms in total. The number of aromatic nitrogens is 3. The summed E-state index contributed by atoms with van der Waals surface area (Å²) in [6.45, 7) is 0. The highest BCUT2D eigenvalue weighted by atomic mass is 79.9. The number of nitrogens with zero attached hydrogens (tertiary/aromatic N) is 3. The van der Waals surface area contributed by atoms with Gasteiger partial charge in [0.15, 0.2) is 0 Å². The molecule has 17 aromatic carbocycles. The number of para-hydroxylation sites is 4. The van der Waals surface area contributed by atoms with Crippen LogP contribution in [0.3, 0.4) is 0 Å². The van der Waals surface area contributed by atoms with Gasteiger partial charge in [-0.05, 0) is 216 Å². The Morgan fingerprint density at radius 1 is 0.151 bits per heavy atom. The molecule has 0 atom stereocenters. The molecule has 0 spiro atoms. The second kappa shape index (κ2) is 28.8. The lowest BCUT2D eigenvalue weighted by Crippen LogP contribution is -1.93. The van der Waals surface area contributed by atoms with Crippen LogP contribution in [-0.4, -0.2) is 13.7 Å². The zero-order valence-corrected chi connectivity index (χ0v) is 62.3. The van der Waals surface area contributed by atoms with E-state index in [1.165, 1.54) is 171 Å². The van der Waals surface area contributed by atoms with Gasteiger partial charge in [0, 0.05) is 62.8 Å². The zero-order valence-electron chi connectivity index (χ0n) is 57.6. The molecule has 6 heteroatoms. The fourth-order valence-electron chi connectivity index (χ4n) is 15.3. The molecule has 0 radical (unpaired) electrons. The van der Waals surface area contributed by atoms with Crippen molar-refractivity contribution in [2.75, 3.05) is 0 Å². The van der Waals surface area contributed by atoms with Crippen LogP contribution in [-0.2, 0) is 0 Å². The molecule has 0 aliphatic rings. The largest absolute Gasteiger partial charge is 0.309 e.